The summed E-state index contributed by atoms with van der Waals surface area (Å²) in [4.78, 5) is 4.30. The molecule has 6 heteroatoms. The molecule has 130 valence electrons. The van der Waals surface area contributed by atoms with Crippen LogP contribution < -0.4 is 10.6 Å². The third-order valence-corrected chi connectivity index (χ3v) is 4.80. The van der Waals surface area contributed by atoms with Gasteiger partial charge in [-0.05, 0) is 37.0 Å². The Morgan fingerprint density at radius 1 is 1.22 bits per heavy atom. The second kappa shape index (κ2) is 10.5. The highest BCUT2D eigenvalue weighted by Gasteiger charge is 2.34. The summed E-state index contributed by atoms with van der Waals surface area (Å²) in [6.07, 6.45) is 3.16. The molecule has 2 rings (SSSR count). The molecule has 1 aromatic rings. The average molecular weight is 496 g/mol. The van der Waals surface area contributed by atoms with Gasteiger partial charge in [-0.1, -0.05) is 35.0 Å². The first-order valence-electron chi connectivity index (χ1n) is 7.98. The van der Waals surface area contributed by atoms with Crippen molar-refractivity contribution in [3.8, 4) is 0 Å². The van der Waals surface area contributed by atoms with Gasteiger partial charge in [-0.15, -0.1) is 24.0 Å². The van der Waals surface area contributed by atoms with Gasteiger partial charge in [0.1, 0.15) is 0 Å². The lowest BCUT2D eigenvalue weighted by atomic mass is 9.74. The first kappa shape index (κ1) is 20.7. The first-order chi connectivity index (χ1) is 10.7. The summed E-state index contributed by atoms with van der Waals surface area (Å²) in [7, 11) is 1.82. The molecule has 1 aliphatic heterocycles. The SMILES string of the molecule is CCCNC(=NC)NCC1(c2ccc(Br)cc2)CCOCC1.I. The Hall–Kier alpha value is -0.340. The predicted molar refractivity (Wildman–Crippen MR) is 111 cm³/mol. The number of benzene rings is 1. The molecule has 0 unspecified atom stereocenters. The van der Waals surface area contributed by atoms with Gasteiger partial charge < -0.3 is 15.4 Å². The van der Waals surface area contributed by atoms with E-state index < -0.39 is 0 Å². The molecular formula is C17H27BrIN3O. The van der Waals surface area contributed by atoms with Crippen LogP contribution in [0.4, 0.5) is 0 Å². The smallest absolute Gasteiger partial charge is 0.191 e. The van der Waals surface area contributed by atoms with Crippen LogP contribution in [-0.2, 0) is 10.2 Å². The molecule has 2 N–H and O–H groups in total. The lowest BCUT2D eigenvalue weighted by Crippen LogP contribution is -2.48. The van der Waals surface area contributed by atoms with Crippen LogP contribution in [0.15, 0.2) is 33.7 Å². The molecule has 0 atom stereocenters. The van der Waals surface area contributed by atoms with Crippen molar-refractivity contribution in [3.05, 3.63) is 34.3 Å². The molecule has 23 heavy (non-hydrogen) atoms. The number of rotatable bonds is 5. The highest BCUT2D eigenvalue weighted by Crippen LogP contribution is 2.34. The number of aliphatic imine (C=N–C) groups is 1. The average Bonchev–Trinajstić information content (AvgIpc) is 2.56. The van der Waals surface area contributed by atoms with E-state index in [0.717, 1.165) is 56.0 Å². The molecule has 1 aromatic carbocycles. The summed E-state index contributed by atoms with van der Waals surface area (Å²) in [5.41, 5.74) is 1.49. The van der Waals surface area contributed by atoms with Crippen LogP contribution >= 0.6 is 39.9 Å². The topological polar surface area (TPSA) is 45.7 Å². The fourth-order valence-electron chi connectivity index (χ4n) is 2.85. The number of halogens is 2. The van der Waals surface area contributed by atoms with Crippen LogP contribution in [0.5, 0.6) is 0 Å². The monoisotopic (exact) mass is 495 g/mol. The molecular weight excluding hydrogens is 469 g/mol. The van der Waals surface area contributed by atoms with Gasteiger partial charge in [-0.25, -0.2) is 0 Å². The minimum atomic E-state index is 0. The second-order valence-corrected chi connectivity index (χ2v) is 6.67. The molecule has 1 aliphatic rings. The molecule has 1 saturated heterocycles. The zero-order valence-electron chi connectivity index (χ0n) is 13.9. The maximum absolute atomic E-state index is 5.59. The first-order valence-corrected chi connectivity index (χ1v) is 8.78. The summed E-state index contributed by atoms with van der Waals surface area (Å²) >= 11 is 3.52. The Morgan fingerprint density at radius 2 is 1.87 bits per heavy atom. The van der Waals surface area contributed by atoms with Gasteiger partial charge in [0, 0.05) is 43.2 Å². The van der Waals surface area contributed by atoms with Crippen molar-refractivity contribution < 1.29 is 4.74 Å². The Morgan fingerprint density at radius 3 is 2.43 bits per heavy atom. The number of hydrogen-bond donors (Lipinski definition) is 2. The van der Waals surface area contributed by atoms with Crippen molar-refractivity contribution in [1.29, 1.82) is 0 Å². The number of nitrogens with zero attached hydrogens (tertiary/aromatic N) is 1. The Kier molecular flexibility index (Phi) is 9.46. The number of hydrogen-bond acceptors (Lipinski definition) is 2. The van der Waals surface area contributed by atoms with E-state index in [-0.39, 0.29) is 29.4 Å². The maximum atomic E-state index is 5.59. The van der Waals surface area contributed by atoms with Crippen LogP contribution in [0.1, 0.15) is 31.7 Å². The molecule has 1 fully saturated rings. The predicted octanol–water partition coefficient (Wildman–Crippen LogP) is 3.69. The molecule has 0 spiro atoms. The highest BCUT2D eigenvalue weighted by atomic mass is 127. The summed E-state index contributed by atoms with van der Waals surface area (Å²) < 4.78 is 6.70. The molecule has 0 amide bonds. The largest absolute Gasteiger partial charge is 0.381 e. The fourth-order valence-corrected chi connectivity index (χ4v) is 3.11. The second-order valence-electron chi connectivity index (χ2n) is 5.75. The number of guanidine groups is 1. The quantitative estimate of drug-likeness (QED) is 0.372. The molecule has 0 aliphatic carbocycles. The van der Waals surface area contributed by atoms with Gasteiger partial charge in [-0.3, -0.25) is 4.99 Å². The molecule has 0 radical (unpaired) electrons. The van der Waals surface area contributed by atoms with E-state index in [4.69, 9.17) is 4.74 Å². The van der Waals surface area contributed by atoms with Crippen molar-refractivity contribution in [1.82, 2.24) is 10.6 Å². The zero-order valence-corrected chi connectivity index (χ0v) is 17.8. The van der Waals surface area contributed by atoms with Crippen molar-refractivity contribution >= 4 is 45.9 Å². The van der Waals surface area contributed by atoms with E-state index >= 15 is 0 Å². The normalized spacial score (nSPS) is 17.3. The summed E-state index contributed by atoms with van der Waals surface area (Å²) in [5, 5.41) is 6.84. The number of nitrogens with one attached hydrogen (secondary N) is 2. The lowest BCUT2D eigenvalue weighted by molar-refractivity contribution is 0.0514. The minimum absolute atomic E-state index is 0. The maximum Gasteiger partial charge on any atom is 0.191 e. The summed E-state index contributed by atoms with van der Waals surface area (Å²) in [5.74, 6) is 0.879. The van der Waals surface area contributed by atoms with E-state index in [9.17, 15) is 0 Å². The van der Waals surface area contributed by atoms with E-state index in [1.54, 1.807) is 0 Å². The van der Waals surface area contributed by atoms with Crippen LogP contribution in [0.25, 0.3) is 0 Å². The molecule has 0 aromatic heterocycles. The fraction of sp³-hybridized carbons (Fsp3) is 0.588. The summed E-state index contributed by atoms with van der Waals surface area (Å²) in [6.45, 7) is 5.61. The van der Waals surface area contributed by atoms with Crippen molar-refractivity contribution in [2.24, 2.45) is 4.99 Å². The van der Waals surface area contributed by atoms with E-state index in [1.165, 1.54) is 5.56 Å². The van der Waals surface area contributed by atoms with Gasteiger partial charge in [0.2, 0.25) is 0 Å². The van der Waals surface area contributed by atoms with Crippen LogP contribution in [0.3, 0.4) is 0 Å². The molecule has 4 nitrogen and oxygen atoms in total. The Labute approximate surface area is 165 Å². The van der Waals surface area contributed by atoms with Gasteiger partial charge in [-0.2, -0.15) is 0 Å². The highest BCUT2D eigenvalue weighted by molar-refractivity contribution is 14.0. The van der Waals surface area contributed by atoms with Gasteiger partial charge in [0.05, 0.1) is 0 Å². The van der Waals surface area contributed by atoms with E-state index in [0.29, 0.717) is 0 Å². The third-order valence-electron chi connectivity index (χ3n) is 4.27. The van der Waals surface area contributed by atoms with Crippen molar-refractivity contribution in [2.45, 2.75) is 31.6 Å². The Balaban J connectivity index is 0.00000264. The van der Waals surface area contributed by atoms with Crippen LogP contribution in [-0.4, -0.2) is 39.3 Å². The van der Waals surface area contributed by atoms with Gasteiger partial charge >= 0.3 is 0 Å². The van der Waals surface area contributed by atoms with Crippen molar-refractivity contribution in [2.75, 3.05) is 33.4 Å². The van der Waals surface area contributed by atoms with Crippen LogP contribution in [0.2, 0.25) is 0 Å². The zero-order chi connectivity index (χ0) is 15.8. The molecule has 0 saturated carbocycles. The lowest BCUT2D eigenvalue weighted by Gasteiger charge is -2.38. The van der Waals surface area contributed by atoms with Gasteiger partial charge in [0.15, 0.2) is 5.96 Å². The van der Waals surface area contributed by atoms with E-state index in [2.05, 4.69) is 62.7 Å². The van der Waals surface area contributed by atoms with Crippen LogP contribution in [0, 0.1) is 0 Å². The standard InChI is InChI=1S/C17H26BrN3O.HI/c1-3-10-20-16(19-2)21-13-17(8-11-22-12-9-17)14-4-6-15(18)7-5-14;/h4-7H,3,8-13H2,1-2H3,(H2,19,20,21);1H. The van der Waals surface area contributed by atoms with Crippen molar-refractivity contribution in [3.63, 3.8) is 0 Å². The van der Waals surface area contributed by atoms with Gasteiger partial charge in [0.25, 0.3) is 0 Å². The Bertz CT molecular complexity index is 487. The van der Waals surface area contributed by atoms with E-state index in [1.807, 2.05) is 7.05 Å². The number of ether oxygens (including phenoxy) is 1. The molecule has 0 bridgehead atoms. The third kappa shape index (κ3) is 5.90. The minimum Gasteiger partial charge on any atom is -0.381 e. The summed E-state index contributed by atoms with van der Waals surface area (Å²) in [6, 6.07) is 8.69. The molecule has 1 heterocycles.